The van der Waals surface area contributed by atoms with Crippen LogP contribution in [0.4, 0.5) is 0 Å². The topological polar surface area (TPSA) is 752 Å². The molecule has 2 aromatic rings. The number of carbonyl (C=O) groups excluding carboxylic acids is 17. The van der Waals surface area contributed by atoms with Crippen LogP contribution in [-0.2, 0) is 102 Å². The molecule has 696 valence electrons. The van der Waals surface area contributed by atoms with E-state index in [2.05, 4.69) is 79.4 Å². The number of nitrogens with one attached hydrogen (secondary N) is 16. The average Bonchev–Trinajstić information content (AvgIpc) is 1.72. The van der Waals surface area contributed by atoms with Gasteiger partial charge in [0, 0.05) is 36.6 Å². The molecule has 0 aliphatic carbocycles. The average molecular weight is 1770 g/mol. The summed E-state index contributed by atoms with van der Waals surface area (Å²) >= 11 is 0. The quantitative estimate of drug-likeness (QED) is 0.0292. The Balaban J connectivity index is 1.43. The van der Waals surface area contributed by atoms with Crippen LogP contribution in [0.5, 0.6) is 0 Å². The summed E-state index contributed by atoms with van der Waals surface area (Å²) in [6.07, 6.45) is -5.12. The number of carbonyl (C=O) groups is 20. The van der Waals surface area contributed by atoms with E-state index in [9.17, 15) is 142 Å². The minimum Gasteiger partial charge on any atom is -0.481 e. The molecule has 0 radical (unpaired) electrons. The number of benzene rings is 1. The standard InChI is InChI=1S/C77H119N19O29/c1-12-36(8)59(92-65(112)45(24-54(106)107)83-51(103)27-81-70(117)56(33(2)3)89-66(113)46(25-55(108)109)85-74(121)60(37(9)100)93-63(110)42(78)30-97)73(120)84-44(23-40-26-79-43-18-14-13-17-41(40)43)64(111)82-29-53(105)95-21-15-19-49(95)68(115)80-28-52(104)88-62(39(11)102)76(123)96-22-16-20-50(96)69(116)90-58(35(6)7)72(119)94-61(38(10)101)75(122)91-57(34(4)5)71(118)86-47(31-98)67(114)87-48(32-99)77(124)125/h13-14,17-18,26,33-39,42,44-50,56-62,79,97-102H,12,15-16,19-25,27-32,78H2,1-11H3,(H,80,115)(H,81,117)(H,82,111)(H,83,103)(H,84,120)(H,85,121)(H,86,118)(H,87,114)(H,88,104)(H,89,113)(H,90,116)(H,91,122)(H,92,112)(H,93,110)(H,94,119)(H,106,107)(H,108,109)(H,124,125)/t36-,37+,38+,39+,42-,44-,45-,46-,47-,48-,49-,50-,56-,57-,58-,59-,60-,61-,62-/m0/s1. The number of nitrogens with two attached hydrogens (primary N) is 1. The Morgan fingerprint density at radius 2 is 0.840 bits per heavy atom. The van der Waals surface area contributed by atoms with Crippen LogP contribution in [0.15, 0.2) is 30.5 Å². The molecule has 125 heavy (non-hydrogen) atoms. The monoisotopic (exact) mass is 1770 g/mol. The van der Waals surface area contributed by atoms with Gasteiger partial charge in [-0.25, -0.2) is 4.79 Å². The van der Waals surface area contributed by atoms with Gasteiger partial charge < -0.3 is 146 Å². The molecule has 3 heterocycles. The molecule has 0 unspecified atom stereocenters. The van der Waals surface area contributed by atoms with Gasteiger partial charge in [-0.2, -0.15) is 0 Å². The molecule has 17 amide bonds. The summed E-state index contributed by atoms with van der Waals surface area (Å²) in [6.45, 7) is 9.74. The Morgan fingerprint density at radius 3 is 1.37 bits per heavy atom. The Labute approximate surface area is 717 Å². The highest BCUT2D eigenvalue weighted by molar-refractivity contribution is 6.02. The Kier molecular flexibility index (Phi) is 42.1. The third-order valence-electron chi connectivity index (χ3n) is 20.6. The van der Waals surface area contributed by atoms with E-state index >= 15 is 0 Å². The largest absolute Gasteiger partial charge is 0.481 e. The van der Waals surface area contributed by atoms with E-state index in [0.717, 1.165) is 30.6 Å². The summed E-state index contributed by atoms with van der Waals surface area (Å²) < 4.78 is 0. The first-order chi connectivity index (χ1) is 58.6. The lowest BCUT2D eigenvalue weighted by Crippen LogP contribution is -2.63. The molecule has 2 fully saturated rings. The number of fused-ring (bicyclic) bond motifs is 1. The van der Waals surface area contributed by atoms with Crippen LogP contribution in [-0.4, -0.2) is 341 Å². The lowest BCUT2D eigenvalue weighted by Gasteiger charge is -2.32. The third-order valence-corrected chi connectivity index (χ3v) is 20.6. The van der Waals surface area contributed by atoms with Gasteiger partial charge in [0.15, 0.2) is 0 Å². The SMILES string of the molecule is CC[C@H](C)[C@H](NC(=O)[C@H](CC(=O)O)NC(=O)CNC(=O)[C@@H](NC(=O)[C@H](CC(=O)O)NC(=O)[C@@H](NC(=O)[C@@H](N)CO)[C@@H](C)O)C(C)C)C(=O)N[C@@H](Cc1c[nH]c2ccccc12)C(=O)NCC(=O)N1CCC[C@H]1C(=O)NCC(=O)N[C@H](C(=O)N1CCC[C@H]1C(=O)N[C@H](C(=O)N[C@H](C(=O)N[C@H](C(=O)N[C@@H](CO)C(=O)N[C@@H](CO)C(=O)O)C(C)C)[C@@H](C)O)C(C)C)[C@@H](C)O. The van der Waals surface area contributed by atoms with Crippen molar-refractivity contribution in [3.05, 3.63) is 36.0 Å². The molecule has 0 saturated carbocycles. The van der Waals surface area contributed by atoms with E-state index in [-0.39, 0.29) is 51.6 Å². The number of likely N-dealkylation sites (tertiary alicyclic amines) is 2. The molecule has 2 saturated heterocycles. The van der Waals surface area contributed by atoms with Crippen molar-refractivity contribution < 1.29 is 142 Å². The maximum Gasteiger partial charge on any atom is 0.328 e. The number of para-hydroxylation sites is 1. The van der Waals surface area contributed by atoms with Crippen LogP contribution in [0.25, 0.3) is 10.9 Å². The highest BCUT2D eigenvalue weighted by atomic mass is 16.4. The molecule has 1 aromatic heterocycles. The number of carboxylic acids is 3. The molecule has 0 bridgehead atoms. The normalized spacial score (nSPS) is 17.9. The van der Waals surface area contributed by atoms with Gasteiger partial charge in [0.2, 0.25) is 100 Å². The maximum absolute atomic E-state index is 14.6. The number of aliphatic hydroxyl groups is 6. The lowest BCUT2D eigenvalue weighted by molar-refractivity contribution is -0.144. The molecule has 19 atom stereocenters. The van der Waals surface area contributed by atoms with Crippen molar-refractivity contribution in [1.29, 1.82) is 0 Å². The van der Waals surface area contributed by atoms with Crippen LogP contribution in [0, 0.1) is 23.7 Å². The van der Waals surface area contributed by atoms with Crippen molar-refractivity contribution in [1.82, 2.24) is 94.5 Å². The van der Waals surface area contributed by atoms with Gasteiger partial charge in [0.25, 0.3) is 0 Å². The first kappa shape index (κ1) is 105. The second-order valence-corrected chi connectivity index (χ2v) is 31.5. The van der Waals surface area contributed by atoms with Gasteiger partial charge in [-0.1, -0.05) is 80.0 Å². The molecular formula is C77H119N19O29. The number of carboxylic acid groups (broad SMARTS) is 3. The van der Waals surface area contributed by atoms with Gasteiger partial charge in [-0.05, 0) is 81.8 Å². The van der Waals surface area contributed by atoms with Crippen molar-refractivity contribution in [3.63, 3.8) is 0 Å². The van der Waals surface area contributed by atoms with Crippen LogP contribution in [0.1, 0.15) is 127 Å². The zero-order chi connectivity index (χ0) is 94.3. The summed E-state index contributed by atoms with van der Waals surface area (Å²) in [6, 6.07) is -17.7. The summed E-state index contributed by atoms with van der Waals surface area (Å²) in [4.78, 5) is 274. The van der Waals surface area contributed by atoms with Gasteiger partial charge in [-0.3, -0.25) is 91.1 Å². The van der Waals surface area contributed by atoms with Gasteiger partial charge in [-0.15, -0.1) is 0 Å². The van der Waals surface area contributed by atoms with Crippen molar-refractivity contribution in [2.24, 2.45) is 29.4 Å². The number of hydrogen-bond donors (Lipinski definition) is 26. The first-order valence-electron chi connectivity index (χ1n) is 40.5. The van der Waals surface area contributed by atoms with Crippen LogP contribution in [0.3, 0.4) is 0 Å². The second kappa shape index (κ2) is 50.0. The number of H-pyrrole nitrogens is 1. The van der Waals surface area contributed by atoms with Crippen LogP contribution >= 0.6 is 0 Å². The smallest absolute Gasteiger partial charge is 0.328 e. The fourth-order valence-electron chi connectivity index (χ4n) is 13.3. The minimum atomic E-state index is -1.96. The minimum absolute atomic E-state index is 0.0173. The van der Waals surface area contributed by atoms with Crippen molar-refractivity contribution >= 4 is 129 Å². The summed E-state index contributed by atoms with van der Waals surface area (Å²) in [5.74, 6) is -26.0. The van der Waals surface area contributed by atoms with E-state index in [1.165, 1.54) is 48.5 Å². The Bertz CT molecular complexity index is 4200. The molecule has 48 nitrogen and oxygen atoms in total. The maximum atomic E-state index is 14.6. The molecule has 0 spiro atoms. The number of aliphatic carboxylic acids is 3. The number of hydrogen-bond acceptors (Lipinski definition) is 27. The molecular weight excluding hydrogens is 1650 g/mol. The van der Waals surface area contributed by atoms with Crippen molar-refractivity contribution in [2.45, 2.75) is 236 Å². The summed E-state index contributed by atoms with van der Waals surface area (Å²) in [7, 11) is 0. The van der Waals surface area contributed by atoms with E-state index in [1.807, 2.05) is 5.32 Å². The Hall–Kier alpha value is -12.1. The number of aliphatic hydroxyl groups excluding tert-OH is 6. The van der Waals surface area contributed by atoms with Gasteiger partial charge in [0.05, 0.1) is 70.6 Å². The molecule has 48 heteroatoms. The molecule has 1 aromatic carbocycles. The van der Waals surface area contributed by atoms with Crippen molar-refractivity contribution in [2.75, 3.05) is 52.5 Å². The number of aromatic nitrogens is 1. The predicted molar refractivity (Wildman–Crippen MR) is 434 cm³/mol. The van der Waals surface area contributed by atoms with Crippen LogP contribution in [0.2, 0.25) is 0 Å². The lowest BCUT2D eigenvalue weighted by atomic mass is 9.96. The van der Waals surface area contributed by atoms with E-state index in [0.29, 0.717) is 16.5 Å². The second-order valence-electron chi connectivity index (χ2n) is 31.5. The van der Waals surface area contributed by atoms with Crippen molar-refractivity contribution in [3.8, 4) is 0 Å². The fraction of sp³-hybridized carbons (Fsp3) is 0.636. The fourth-order valence-corrected chi connectivity index (χ4v) is 13.3. The summed E-state index contributed by atoms with van der Waals surface area (Å²) in [5, 5.41) is 124. The van der Waals surface area contributed by atoms with E-state index in [1.54, 1.807) is 37.4 Å². The number of aromatic amines is 1. The number of rotatable bonds is 50. The molecule has 27 N–H and O–H groups in total. The highest BCUT2D eigenvalue weighted by Crippen LogP contribution is 2.24. The highest BCUT2D eigenvalue weighted by Gasteiger charge is 2.44. The van der Waals surface area contributed by atoms with Gasteiger partial charge in [0.1, 0.15) is 90.6 Å². The van der Waals surface area contributed by atoms with Crippen LogP contribution < -0.4 is 85.5 Å². The molecule has 2 aliphatic heterocycles. The molecule has 2 aliphatic rings. The van der Waals surface area contributed by atoms with Gasteiger partial charge >= 0.3 is 17.9 Å². The van der Waals surface area contributed by atoms with E-state index < -0.39 is 303 Å². The first-order valence-corrected chi connectivity index (χ1v) is 40.5. The van der Waals surface area contributed by atoms with E-state index in [4.69, 9.17) is 5.73 Å². The number of amides is 17. The molecule has 4 rings (SSSR count). The third kappa shape index (κ3) is 31.6. The summed E-state index contributed by atoms with van der Waals surface area (Å²) in [5.41, 5.74) is 6.60. The Morgan fingerprint density at radius 1 is 0.424 bits per heavy atom. The zero-order valence-corrected chi connectivity index (χ0v) is 71.1. The zero-order valence-electron chi connectivity index (χ0n) is 71.1. The predicted octanol–water partition coefficient (Wildman–Crippen LogP) is -10.6. The number of nitrogens with zero attached hydrogens (tertiary/aromatic N) is 2.